The van der Waals surface area contributed by atoms with Crippen molar-refractivity contribution in [1.82, 2.24) is 0 Å². The molecule has 144 valence electrons. The van der Waals surface area contributed by atoms with Gasteiger partial charge in [0.2, 0.25) is 0 Å². The Morgan fingerprint density at radius 3 is 1.43 bits per heavy atom. The van der Waals surface area contributed by atoms with E-state index in [4.69, 9.17) is 4.74 Å². The number of aliphatic hydroxyl groups excluding tert-OH is 1. The zero-order valence-electron chi connectivity index (χ0n) is 16.5. The Balaban J connectivity index is 2.21. The summed E-state index contributed by atoms with van der Waals surface area (Å²) < 4.78 is 6.78. The summed E-state index contributed by atoms with van der Waals surface area (Å²) in [6.07, 6.45) is 0.696. The van der Waals surface area contributed by atoms with Gasteiger partial charge >= 0.3 is 0 Å². The molecule has 0 heterocycles. The van der Waals surface area contributed by atoms with Crippen LogP contribution in [0.1, 0.15) is 30.5 Å². The minimum Gasteiger partial charge on any atom is -0.390 e. The van der Waals surface area contributed by atoms with Crippen LogP contribution in [0.2, 0.25) is 0 Å². The average molecular weight is 373 g/mol. The lowest BCUT2D eigenvalue weighted by Crippen LogP contribution is -2.41. The first-order valence-electron chi connectivity index (χ1n) is 9.74. The van der Waals surface area contributed by atoms with E-state index < -0.39 is 17.8 Å². The molecule has 2 nitrogen and oxygen atoms in total. The largest absolute Gasteiger partial charge is 0.390 e. The van der Waals surface area contributed by atoms with Crippen LogP contribution in [0.4, 0.5) is 0 Å². The minimum absolute atomic E-state index is 0.0741. The molecule has 3 aromatic rings. The summed E-state index contributed by atoms with van der Waals surface area (Å²) in [5.41, 5.74) is 2.25. The molecule has 28 heavy (non-hydrogen) atoms. The smallest absolute Gasteiger partial charge is 0.144 e. The monoisotopic (exact) mass is 372 g/mol. The first kappa shape index (κ1) is 20.1. The second kappa shape index (κ2) is 9.01. The highest BCUT2D eigenvalue weighted by molar-refractivity contribution is 5.47. The Morgan fingerprint density at radius 2 is 1.11 bits per heavy atom. The van der Waals surface area contributed by atoms with Crippen LogP contribution in [0.3, 0.4) is 0 Å². The van der Waals surface area contributed by atoms with Gasteiger partial charge in [-0.15, -0.1) is 6.58 Å². The maximum Gasteiger partial charge on any atom is 0.144 e. The molecule has 0 radical (unpaired) electrons. The second-order valence-electron chi connectivity index (χ2n) is 7.19. The second-order valence-corrected chi connectivity index (χ2v) is 7.19. The lowest BCUT2D eigenvalue weighted by molar-refractivity contribution is -0.102. The number of ether oxygens (including phenoxy) is 1. The van der Waals surface area contributed by atoms with Crippen molar-refractivity contribution in [2.75, 3.05) is 0 Å². The summed E-state index contributed by atoms with van der Waals surface area (Å²) in [7, 11) is 0. The van der Waals surface area contributed by atoms with Gasteiger partial charge in [0.1, 0.15) is 5.60 Å². The van der Waals surface area contributed by atoms with Gasteiger partial charge in [-0.25, -0.2) is 0 Å². The molecule has 0 saturated carbocycles. The van der Waals surface area contributed by atoms with E-state index >= 15 is 0 Å². The van der Waals surface area contributed by atoms with E-state index in [1.54, 1.807) is 6.08 Å². The fraction of sp³-hybridized carbons (Fsp3) is 0.231. The maximum atomic E-state index is 10.8. The number of rotatable bonds is 8. The first-order valence-corrected chi connectivity index (χ1v) is 9.74. The predicted octanol–water partition coefficient (Wildman–Crippen LogP) is 5.57. The Labute approximate surface area is 168 Å². The van der Waals surface area contributed by atoms with Crippen LogP contribution in [-0.2, 0) is 10.3 Å². The van der Waals surface area contributed by atoms with E-state index in [9.17, 15) is 5.11 Å². The van der Waals surface area contributed by atoms with Crippen molar-refractivity contribution in [2.45, 2.75) is 31.7 Å². The molecule has 0 saturated heterocycles. The van der Waals surface area contributed by atoms with Crippen molar-refractivity contribution in [3.8, 4) is 0 Å². The van der Waals surface area contributed by atoms with E-state index in [1.165, 1.54) is 0 Å². The van der Waals surface area contributed by atoms with Gasteiger partial charge in [0.25, 0.3) is 0 Å². The van der Waals surface area contributed by atoms with E-state index in [2.05, 4.69) is 43.0 Å². The summed E-state index contributed by atoms with van der Waals surface area (Å²) in [6.45, 7) is 7.70. The molecule has 3 rings (SSSR count). The third kappa shape index (κ3) is 3.94. The van der Waals surface area contributed by atoms with Crippen LogP contribution < -0.4 is 0 Å². The number of aliphatic hydroxyl groups is 1. The van der Waals surface area contributed by atoms with Crippen molar-refractivity contribution in [2.24, 2.45) is 5.92 Å². The van der Waals surface area contributed by atoms with Crippen LogP contribution in [-0.4, -0.2) is 17.3 Å². The molecule has 0 amide bonds. The molecule has 3 aromatic carbocycles. The zero-order valence-corrected chi connectivity index (χ0v) is 16.5. The summed E-state index contributed by atoms with van der Waals surface area (Å²) in [6, 6.07) is 30.6. The van der Waals surface area contributed by atoms with E-state index in [-0.39, 0.29) is 5.92 Å². The highest BCUT2D eigenvalue weighted by Gasteiger charge is 2.40. The fourth-order valence-electron chi connectivity index (χ4n) is 3.64. The van der Waals surface area contributed by atoms with Gasteiger partial charge in [0, 0.05) is 5.92 Å². The van der Waals surface area contributed by atoms with Gasteiger partial charge in [0.05, 0.1) is 12.2 Å². The molecule has 1 N–H and O–H groups in total. The highest BCUT2D eigenvalue weighted by atomic mass is 16.5. The summed E-state index contributed by atoms with van der Waals surface area (Å²) >= 11 is 0. The molecule has 0 aliphatic carbocycles. The third-order valence-electron chi connectivity index (χ3n) is 5.30. The molecule has 0 aliphatic rings. The van der Waals surface area contributed by atoms with Crippen LogP contribution in [0.5, 0.6) is 0 Å². The van der Waals surface area contributed by atoms with Crippen molar-refractivity contribution in [3.63, 3.8) is 0 Å². The number of hydrogen-bond acceptors (Lipinski definition) is 2. The molecular weight excluding hydrogens is 344 g/mol. The molecule has 0 aliphatic heterocycles. The van der Waals surface area contributed by atoms with Crippen LogP contribution >= 0.6 is 0 Å². The zero-order chi connectivity index (χ0) is 20.0. The topological polar surface area (TPSA) is 29.5 Å². The highest BCUT2D eigenvalue weighted by Crippen LogP contribution is 2.42. The Morgan fingerprint density at radius 1 is 0.750 bits per heavy atom. The molecule has 0 unspecified atom stereocenters. The molecule has 3 atom stereocenters. The van der Waals surface area contributed by atoms with Crippen LogP contribution in [0.25, 0.3) is 0 Å². The van der Waals surface area contributed by atoms with E-state index in [1.807, 2.05) is 68.4 Å². The molecule has 2 heteroatoms. The van der Waals surface area contributed by atoms with Gasteiger partial charge in [-0.2, -0.15) is 0 Å². The quantitative estimate of drug-likeness (QED) is 0.414. The number of benzene rings is 3. The van der Waals surface area contributed by atoms with Crippen LogP contribution in [0.15, 0.2) is 104 Å². The first-order chi connectivity index (χ1) is 13.6. The SMILES string of the molecule is C=C[C@H](C)[C@@H](O)[C@@H](C)OC(c1ccccc1)(c1ccccc1)c1ccccc1. The third-order valence-corrected chi connectivity index (χ3v) is 5.30. The van der Waals surface area contributed by atoms with Gasteiger partial charge in [-0.05, 0) is 23.6 Å². The molecular formula is C26H28O2. The van der Waals surface area contributed by atoms with Crippen molar-refractivity contribution in [3.05, 3.63) is 120 Å². The van der Waals surface area contributed by atoms with Crippen molar-refractivity contribution < 1.29 is 9.84 Å². The molecule has 0 fully saturated rings. The minimum atomic E-state index is -0.828. The summed E-state index contributed by atoms with van der Waals surface area (Å²) in [4.78, 5) is 0. The summed E-state index contributed by atoms with van der Waals surface area (Å²) in [5, 5.41) is 10.8. The lowest BCUT2D eigenvalue weighted by atomic mass is 9.79. The molecule has 0 bridgehead atoms. The van der Waals surface area contributed by atoms with E-state index in [0.29, 0.717) is 0 Å². The predicted molar refractivity (Wildman–Crippen MR) is 115 cm³/mol. The average Bonchev–Trinajstić information content (AvgIpc) is 2.78. The Bertz CT molecular complexity index is 762. The fourth-order valence-corrected chi connectivity index (χ4v) is 3.64. The van der Waals surface area contributed by atoms with Crippen molar-refractivity contribution in [1.29, 1.82) is 0 Å². The Kier molecular flexibility index (Phi) is 6.45. The van der Waals surface area contributed by atoms with Crippen LogP contribution in [0, 0.1) is 5.92 Å². The van der Waals surface area contributed by atoms with Gasteiger partial charge in [-0.3, -0.25) is 0 Å². The standard InChI is InChI=1S/C26H28O2/c1-4-20(2)25(27)21(3)28-26(22-14-8-5-9-15-22,23-16-10-6-11-17-23)24-18-12-7-13-19-24/h4-21,25,27H,1H2,2-3H3/t20-,21+,25+/m0/s1. The Hall–Kier alpha value is -2.68. The molecule has 0 aromatic heterocycles. The van der Waals surface area contributed by atoms with Gasteiger partial charge < -0.3 is 9.84 Å². The maximum absolute atomic E-state index is 10.8. The van der Waals surface area contributed by atoms with Crippen molar-refractivity contribution >= 4 is 0 Å². The van der Waals surface area contributed by atoms with Gasteiger partial charge in [-0.1, -0.05) is 104 Å². The lowest BCUT2D eigenvalue weighted by Gasteiger charge is -2.40. The molecule has 0 spiro atoms. The normalized spacial score (nSPS) is 14.8. The van der Waals surface area contributed by atoms with Gasteiger partial charge in [0.15, 0.2) is 0 Å². The number of hydrogen-bond donors (Lipinski definition) is 1. The summed E-state index contributed by atoms with van der Waals surface area (Å²) in [5.74, 6) is -0.0741. The van der Waals surface area contributed by atoms with E-state index in [0.717, 1.165) is 16.7 Å².